The second kappa shape index (κ2) is 5.05. The third kappa shape index (κ3) is 2.50. The third-order valence-electron chi connectivity index (χ3n) is 3.45. The molecule has 0 unspecified atom stereocenters. The highest BCUT2D eigenvalue weighted by Crippen LogP contribution is 2.26. The van der Waals surface area contributed by atoms with E-state index in [9.17, 15) is 9.90 Å². The Labute approximate surface area is 126 Å². The summed E-state index contributed by atoms with van der Waals surface area (Å²) in [5.41, 5.74) is 2.51. The van der Waals surface area contributed by atoms with Gasteiger partial charge >= 0.3 is 5.97 Å². The average molecular weight is 337 g/mol. The van der Waals surface area contributed by atoms with Gasteiger partial charge in [0.1, 0.15) is 5.41 Å². The van der Waals surface area contributed by atoms with E-state index in [2.05, 4.69) is 21.0 Å². The Balaban J connectivity index is 2.52. The van der Waals surface area contributed by atoms with Crippen molar-refractivity contribution in [2.45, 2.75) is 33.1 Å². The van der Waals surface area contributed by atoms with Crippen LogP contribution in [0.1, 0.15) is 30.8 Å². The summed E-state index contributed by atoms with van der Waals surface area (Å²) in [5.74, 6) is -0.880. The Hall–Kier alpha value is -1.62. The molecule has 0 radical (unpaired) electrons. The van der Waals surface area contributed by atoms with Crippen molar-refractivity contribution in [2.24, 2.45) is 0 Å². The minimum absolute atomic E-state index is 0.558. The lowest BCUT2D eigenvalue weighted by molar-refractivity contribution is -0.142. The molecule has 1 N–H and O–H groups in total. The number of hydrogen-bond acceptors (Lipinski definition) is 2. The first kappa shape index (κ1) is 14.8. The van der Waals surface area contributed by atoms with Crippen molar-refractivity contribution in [1.29, 1.82) is 0 Å². The molecule has 1 aromatic carbocycles. The SMILES string of the molecule is Cc1cc(-n2nc(C(C)(C)C(=O)O)cc2C)ccc1Br. The van der Waals surface area contributed by atoms with Crippen molar-refractivity contribution in [3.63, 3.8) is 0 Å². The van der Waals surface area contributed by atoms with Gasteiger partial charge in [-0.2, -0.15) is 5.10 Å². The molecule has 2 rings (SSSR count). The second-order valence-electron chi connectivity index (χ2n) is 5.45. The van der Waals surface area contributed by atoms with Gasteiger partial charge < -0.3 is 5.11 Å². The van der Waals surface area contributed by atoms with Crippen LogP contribution in [0.25, 0.3) is 5.69 Å². The van der Waals surface area contributed by atoms with Crippen LogP contribution in [-0.4, -0.2) is 20.9 Å². The van der Waals surface area contributed by atoms with Gasteiger partial charge in [0.25, 0.3) is 0 Å². The van der Waals surface area contributed by atoms with Gasteiger partial charge in [0.2, 0.25) is 0 Å². The van der Waals surface area contributed by atoms with Crippen molar-refractivity contribution in [1.82, 2.24) is 9.78 Å². The van der Waals surface area contributed by atoms with E-state index in [0.29, 0.717) is 5.69 Å². The first-order valence-electron chi connectivity index (χ1n) is 6.30. The van der Waals surface area contributed by atoms with Crippen LogP contribution in [0, 0.1) is 13.8 Å². The highest BCUT2D eigenvalue weighted by molar-refractivity contribution is 9.10. The summed E-state index contributed by atoms with van der Waals surface area (Å²) in [6.45, 7) is 7.25. The number of aromatic nitrogens is 2. The summed E-state index contributed by atoms with van der Waals surface area (Å²) in [6.07, 6.45) is 0. The number of nitrogens with zero attached hydrogens (tertiary/aromatic N) is 2. The van der Waals surface area contributed by atoms with Gasteiger partial charge in [0.05, 0.1) is 11.4 Å². The number of hydrogen-bond donors (Lipinski definition) is 1. The molecule has 0 aliphatic rings. The lowest BCUT2D eigenvalue weighted by Crippen LogP contribution is -2.29. The minimum atomic E-state index is -1.000. The van der Waals surface area contributed by atoms with Gasteiger partial charge in [-0.25, -0.2) is 4.68 Å². The molecule has 20 heavy (non-hydrogen) atoms. The van der Waals surface area contributed by atoms with E-state index in [-0.39, 0.29) is 0 Å². The average Bonchev–Trinajstić information content (AvgIpc) is 2.75. The number of rotatable bonds is 3. The number of carboxylic acid groups (broad SMARTS) is 1. The summed E-state index contributed by atoms with van der Waals surface area (Å²) < 4.78 is 2.82. The van der Waals surface area contributed by atoms with Crippen molar-refractivity contribution in [3.8, 4) is 5.69 Å². The lowest BCUT2D eigenvalue weighted by Gasteiger charge is -2.15. The number of benzene rings is 1. The Kier molecular flexibility index (Phi) is 3.73. The number of aryl methyl sites for hydroxylation is 2. The van der Waals surface area contributed by atoms with Crippen LogP contribution in [0.2, 0.25) is 0 Å². The molecule has 0 aliphatic heterocycles. The maximum absolute atomic E-state index is 11.3. The van der Waals surface area contributed by atoms with Crippen LogP contribution in [0.5, 0.6) is 0 Å². The molecule has 0 spiro atoms. The molecule has 0 amide bonds. The Morgan fingerprint density at radius 2 is 1.95 bits per heavy atom. The number of halogens is 1. The first-order chi connectivity index (χ1) is 9.23. The van der Waals surface area contributed by atoms with E-state index in [1.807, 2.05) is 38.1 Å². The second-order valence-corrected chi connectivity index (χ2v) is 6.30. The topological polar surface area (TPSA) is 55.1 Å². The largest absolute Gasteiger partial charge is 0.481 e. The number of carboxylic acids is 1. The van der Waals surface area contributed by atoms with E-state index >= 15 is 0 Å². The maximum atomic E-state index is 11.3. The monoisotopic (exact) mass is 336 g/mol. The third-order valence-corrected chi connectivity index (χ3v) is 4.34. The van der Waals surface area contributed by atoms with E-state index in [1.165, 1.54) is 0 Å². The number of aliphatic carboxylic acids is 1. The fraction of sp³-hybridized carbons (Fsp3) is 0.333. The zero-order valence-electron chi connectivity index (χ0n) is 11.9. The molecule has 0 fully saturated rings. The molecule has 0 saturated heterocycles. The number of carbonyl (C=O) groups is 1. The molecule has 5 heteroatoms. The molecule has 0 aliphatic carbocycles. The molecular weight excluding hydrogens is 320 g/mol. The molecule has 0 atom stereocenters. The molecule has 2 aromatic rings. The van der Waals surface area contributed by atoms with Gasteiger partial charge in [-0.1, -0.05) is 15.9 Å². The quantitative estimate of drug-likeness (QED) is 0.931. The fourth-order valence-electron chi connectivity index (χ4n) is 1.91. The maximum Gasteiger partial charge on any atom is 0.315 e. The van der Waals surface area contributed by atoms with E-state index in [4.69, 9.17) is 0 Å². The highest BCUT2D eigenvalue weighted by Gasteiger charge is 2.32. The van der Waals surface area contributed by atoms with Crippen molar-refractivity contribution < 1.29 is 9.90 Å². The molecule has 1 aromatic heterocycles. The highest BCUT2D eigenvalue weighted by atomic mass is 79.9. The summed E-state index contributed by atoms with van der Waals surface area (Å²) in [6, 6.07) is 7.76. The smallest absolute Gasteiger partial charge is 0.315 e. The Bertz CT molecular complexity index is 675. The molecule has 0 bridgehead atoms. The van der Waals surface area contributed by atoms with E-state index in [1.54, 1.807) is 18.5 Å². The summed E-state index contributed by atoms with van der Waals surface area (Å²) >= 11 is 3.47. The molecule has 4 nitrogen and oxygen atoms in total. The lowest BCUT2D eigenvalue weighted by atomic mass is 9.89. The normalized spacial score (nSPS) is 11.7. The predicted octanol–water partition coefficient (Wildman–Crippen LogP) is 3.61. The van der Waals surface area contributed by atoms with Crippen LogP contribution >= 0.6 is 15.9 Å². The van der Waals surface area contributed by atoms with Gasteiger partial charge in [-0.05, 0) is 57.5 Å². The molecule has 106 valence electrons. The summed E-state index contributed by atoms with van der Waals surface area (Å²) in [5, 5.41) is 13.8. The summed E-state index contributed by atoms with van der Waals surface area (Å²) in [7, 11) is 0. The zero-order valence-corrected chi connectivity index (χ0v) is 13.5. The molecule has 1 heterocycles. The predicted molar refractivity (Wildman–Crippen MR) is 81.4 cm³/mol. The van der Waals surface area contributed by atoms with Gasteiger partial charge in [0, 0.05) is 10.2 Å². The van der Waals surface area contributed by atoms with Crippen molar-refractivity contribution in [3.05, 3.63) is 45.7 Å². The van der Waals surface area contributed by atoms with Gasteiger partial charge in [-0.15, -0.1) is 0 Å². The van der Waals surface area contributed by atoms with Crippen LogP contribution in [0.15, 0.2) is 28.7 Å². The standard InChI is InChI=1S/C15H17BrN2O2/c1-9-7-11(5-6-12(9)16)18-10(2)8-13(17-18)15(3,4)14(19)20/h5-8H,1-4H3,(H,19,20). The van der Waals surface area contributed by atoms with Gasteiger partial charge in [-0.3, -0.25) is 4.79 Å². The zero-order chi connectivity index (χ0) is 15.1. The fourth-order valence-corrected chi connectivity index (χ4v) is 2.16. The first-order valence-corrected chi connectivity index (χ1v) is 7.10. The molecule has 0 saturated carbocycles. The Morgan fingerprint density at radius 1 is 1.30 bits per heavy atom. The summed E-state index contributed by atoms with van der Waals surface area (Å²) in [4.78, 5) is 11.3. The minimum Gasteiger partial charge on any atom is -0.481 e. The van der Waals surface area contributed by atoms with Crippen molar-refractivity contribution >= 4 is 21.9 Å². The molecular formula is C15H17BrN2O2. The van der Waals surface area contributed by atoms with Crippen molar-refractivity contribution in [2.75, 3.05) is 0 Å². The van der Waals surface area contributed by atoms with Gasteiger partial charge in [0.15, 0.2) is 0 Å². The van der Waals surface area contributed by atoms with Crippen LogP contribution in [0.3, 0.4) is 0 Å². The van der Waals surface area contributed by atoms with Crippen LogP contribution in [-0.2, 0) is 10.2 Å². The Morgan fingerprint density at radius 3 is 2.50 bits per heavy atom. The van der Waals surface area contributed by atoms with E-state index in [0.717, 1.165) is 21.4 Å². The van der Waals surface area contributed by atoms with Crippen LogP contribution in [0.4, 0.5) is 0 Å². The van der Waals surface area contributed by atoms with Crippen LogP contribution < -0.4 is 0 Å². The van der Waals surface area contributed by atoms with E-state index < -0.39 is 11.4 Å².